The number of amides is 4. The second-order valence-electron chi connectivity index (χ2n) is 10.0. The molecule has 0 aliphatic heterocycles. The first-order valence-corrected chi connectivity index (χ1v) is 12.5. The normalized spacial score (nSPS) is 14.5. The summed E-state index contributed by atoms with van der Waals surface area (Å²) < 4.78 is 0. The molecule has 0 saturated heterocycles. The molecular formula is C26H38N6O6. The first-order valence-electron chi connectivity index (χ1n) is 12.5. The minimum Gasteiger partial charge on any atom is -0.480 e. The maximum atomic E-state index is 13.2. The van der Waals surface area contributed by atoms with Crippen molar-refractivity contribution in [2.24, 2.45) is 23.3 Å². The van der Waals surface area contributed by atoms with Crippen LogP contribution in [-0.2, 0) is 30.4 Å². The van der Waals surface area contributed by atoms with Crippen molar-refractivity contribution in [3.05, 3.63) is 36.0 Å². The number of nitrogens with one attached hydrogen (secondary N) is 4. The van der Waals surface area contributed by atoms with Gasteiger partial charge in [-0.15, -0.1) is 0 Å². The molecule has 0 saturated carbocycles. The van der Waals surface area contributed by atoms with Crippen LogP contribution in [0.4, 0.5) is 0 Å². The van der Waals surface area contributed by atoms with E-state index in [1.54, 1.807) is 33.9 Å². The molecule has 4 unspecified atom stereocenters. The Bertz CT molecular complexity index is 1160. The van der Waals surface area contributed by atoms with E-state index in [0.29, 0.717) is 0 Å². The van der Waals surface area contributed by atoms with Crippen molar-refractivity contribution in [3.8, 4) is 0 Å². The molecule has 208 valence electrons. The van der Waals surface area contributed by atoms with Crippen molar-refractivity contribution < 1.29 is 29.1 Å². The number of carbonyl (C=O) groups is 5. The number of hydrogen-bond donors (Lipinski definition) is 7. The van der Waals surface area contributed by atoms with E-state index < -0.39 is 59.7 Å². The van der Waals surface area contributed by atoms with Gasteiger partial charge in [-0.3, -0.25) is 19.2 Å². The molecule has 1 aromatic carbocycles. The summed E-state index contributed by atoms with van der Waals surface area (Å²) in [5.41, 5.74) is 13.0. The van der Waals surface area contributed by atoms with Gasteiger partial charge in [0.05, 0.1) is 6.04 Å². The third-order valence-electron chi connectivity index (χ3n) is 6.24. The van der Waals surface area contributed by atoms with Crippen LogP contribution in [0.1, 0.15) is 46.1 Å². The summed E-state index contributed by atoms with van der Waals surface area (Å²) in [5, 5.41) is 18.0. The van der Waals surface area contributed by atoms with Crippen LogP contribution in [-0.4, -0.2) is 63.9 Å². The Balaban J connectivity index is 2.07. The van der Waals surface area contributed by atoms with Gasteiger partial charge in [-0.1, -0.05) is 45.9 Å². The Morgan fingerprint density at radius 2 is 1.45 bits per heavy atom. The largest absolute Gasteiger partial charge is 0.480 e. The van der Waals surface area contributed by atoms with E-state index in [4.69, 9.17) is 11.5 Å². The fraction of sp³-hybridized carbons (Fsp3) is 0.500. The molecule has 12 nitrogen and oxygen atoms in total. The van der Waals surface area contributed by atoms with E-state index in [2.05, 4.69) is 20.9 Å². The van der Waals surface area contributed by atoms with Gasteiger partial charge in [0.2, 0.25) is 23.6 Å². The van der Waals surface area contributed by atoms with Gasteiger partial charge in [-0.05, 0) is 36.3 Å². The maximum absolute atomic E-state index is 13.2. The van der Waals surface area contributed by atoms with E-state index in [1.165, 1.54) is 0 Å². The highest BCUT2D eigenvalue weighted by Crippen LogP contribution is 2.19. The van der Waals surface area contributed by atoms with Gasteiger partial charge in [0.1, 0.15) is 18.1 Å². The molecule has 4 atom stereocenters. The van der Waals surface area contributed by atoms with Crippen LogP contribution in [0.3, 0.4) is 0 Å². The molecule has 0 aliphatic carbocycles. The number of aromatic amines is 1. The highest BCUT2D eigenvalue weighted by Gasteiger charge is 2.33. The second-order valence-corrected chi connectivity index (χ2v) is 10.0. The minimum absolute atomic E-state index is 0.186. The van der Waals surface area contributed by atoms with Crippen molar-refractivity contribution in [3.63, 3.8) is 0 Å². The number of fused-ring (bicyclic) bond motifs is 1. The van der Waals surface area contributed by atoms with E-state index in [-0.39, 0.29) is 25.2 Å². The predicted octanol–water partition coefficient (Wildman–Crippen LogP) is 0.154. The highest BCUT2D eigenvalue weighted by atomic mass is 16.4. The molecule has 9 N–H and O–H groups in total. The average molecular weight is 531 g/mol. The van der Waals surface area contributed by atoms with Gasteiger partial charge in [-0.25, -0.2) is 4.79 Å². The summed E-state index contributed by atoms with van der Waals surface area (Å²) in [7, 11) is 0. The number of aliphatic carboxylic acids is 1. The number of rotatable bonds is 14. The lowest BCUT2D eigenvalue weighted by molar-refractivity contribution is -0.143. The average Bonchev–Trinajstić information content (AvgIpc) is 3.24. The lowest BCUT2D eigenvalue weighted by Gasteiger charge is -2.28. The molecular weight excluding hydrogens is 492 g/mol. The summed E-state index contributed by atoms with van der Waals surface area (Å²) in [6, 6.07) is 3.28. The number of para-hydroxylation sites is 1. The van der Waals surface area contributed by atoms with E-state index in [0.717, 1.165) is 16.5 Å². The standard InChI is InChI=1S/C26H38N6O6/c1-13(2)21(24(35)30-19(26(37)38)9-10-20(28)33)32-25(36)22(14(3)4)31-23(34)17(27)11-15-12-29-18-8-6-5-7-16(15)18/h5-8,12-14,17,19,21-22,29H,9-11,27H2,1-4H3,(H2,28,33)(H,30,35)(H,31,34)(H,32,36)(H,37,38). The van der Waals surface area contributed by atoms with Crippen molar-refractivity contribution in [1.82, 2.24) is 20.9 Å². The summed E-state index contributed by atoms with van der Waals surface area (Å²) in [6.07, 6.45) is 1.63. The summed E-state index contributed by atoms with van der Waals surface area (Å²) in [5.74, 6) is -4.62. The fourth-order valence-electron chi connectivity index (χ4n) is 4.01. The molecule has 0 aliphatic rings. The second kappa shape index (κ2) is 13.6. The van der Waals surface area contributed by atoms with Gasteiger partial charge in [0, 0.05) is 23.5 Å². The molecule has 0 fully saturated rings. The van der Waals surface area contributed by atoms with Crippen molar-refractivity contribution in [1.29, 1.82) is 0 Å². The van der Waals surface area contributed by atoms with Crippen LogP contribution in [0.15, 0.2) is 30.5 Å². The maximum Gasteiger partial charge on any atom is 0.326 e. The number of carbonyl (C=O) groups excluding carboxylic acids is 4. The van der Waals surface area contributed by atoms with Gasteiger partial charge >= 0.3 is 5.97 Å². The van der Waals surface area contributed by atoms with Crippen molar-refractivity contribution in [2.45, 2.75) is 71.1 Å². The molecule has 12 heteroatoms. The molecule has 0 spiro atoms. The summed E-state index contributed by atoms with van der Waals surface area (Å²) >= 11 is 0. The Kier molecular flexibility index (Phi) is 10.8. The molecule has 4 amide bonds. The highest BCUT2D eigenvalue weighted by molar-refractivity contribution is 5.94. The third kappa shape index (κ3) is 8.30. The monoisotopic (exact) mass is 530 g/mol. The molecule has 2 aromatic rings. The number of nitrogens with two attached hydrogens (primary N) is 2. The lowest BCUT2D eigenvalue weighted by atomic mass is 9.98. The quantitative estimate of drug-likeness (QED) is 0.180. The Labute approximate surface area is 221 Å². The van der Waals surface area contributed by atoms with Crippen LogP contribution in [0.25, 0.3) is 10.9 Å². The number of carboxylic acids is 1. The number of H-pyrrole nitrogens is 1. The zero-order valence-electron chi connectivity index (χ0n) is 22.1. The van der Waals surface area contributed by atoms with Gasteiger partial charge in [0.25, 0.3) is 0 Å². The van der Waals surface area contributed by atoms with Crippen LogP contribution in [0.5, 0.6) is 0 Å². The number of hydrogen-bond acceptors (Lipinski definition) is 6. The molecule has 2 rings (SSSR count). The molecule has 1 aromatic heterocycles. The van der Waals surface area contributed by atoms with E-state index in [1.807, 2.05) is 24.3 Å². The van der Waals surface area contributed by atoms with E-state index in [9.17, 15) is 29.1 Å². The summed E-state index contributed by atoms with van der Waals surface area (Å²) in [4.78, 5) is 64.6. The van der Waals surface area contributed by atoms with Crippen LogP contribution >= 0.6 is 0 Å². The smallest absolute Gasteiger partial charge is 0.326 e. The number of aromatic nitrogens is 1. The van der Waals surface area contributed by atoms with Crippen molar-refractivity contribution >= 4 is 40.5 Å². The van der Waals surface area contributed by atoms with Gasteiger partial charge in [0.15, 0.2) is 0 Å². The zero-order chi connectivity index (χ0) is 28.6. The zero-order valence-corrected chi connectivity index (χ0v) is 22.1. The topological polar surface area (TPSA) is 209 Å². The molecule has 0 bridgehead atoms. The number of primary amides is 1. The minimum atomic E-state index is -1.35. The first-order chi connectivity index (χ1) is 17.8. The first kappa shape index (κ1) is 30.3. The predicted molar refractivity (Wildman–Crippen MR) is 142 cm³/mol. The van der Waals surface area contributed by atoms with Crippen molar-refractivity contribution in [2.75, 3.05) is 0 Å². The molecule has 0 radical (unpaired) electrons. The Hall–Kier alpha value is -3.93. The lowest BCUT2D eigenvalue weighted by Crippen LogP contribution is -2.59. The van der Waals surface area contributed by atoms with Gasteiger partial charge < -0.3 is 37.5 Å². The Morgan fingerprint density at radius 3 is 2.00 bits per heavy atom. The molecule has 1 heterocycles. The van der Waals surface area contributed by atoms with E-state index >= 15 is 0 Å². The number of benzene rings is 1. The van der Waals surface area contributed by atoms with Gasteiger partial charge in [-0.2, -0.15) is 0 Å². The Morgan fingerprint density at radius 1 is 0.895 bits per heavy atom. The van der Waals surface area contributed by atoms with Crippen LogP contribution in [0, 0.1) is 11.8 Å². The third-order valence-corrected chi connectivity index (χ3v) is 6.24. The fourth-order valence-corrected chi connectivity index (χ4v) is 4.01. The molecule has 38 heavy (non-hydrogen) atoms. The summed E-state index contributed by atoms with van der Waals surface area (Å²) in [6.45, 7) is 6.85. The van der Waals surface area contributed by atoms with Crippen LogP contribution < -0.4 is 27.4 Å². The van der Waals surface area contributed by atoms with Crippen LogP contribution in [0.2, 0.25) is 0 Å². The number of carboxylic acid groups (broad SMARTS) is 1. The SMILES string of the molecule is CC(C)C(NC(=O)C(N)Cc1c[nH]c2ccccc12)C(=O)NC(C(=O)NC(CCC(N)=O)C(=O)O)C(C)C.